The van der Waals surface area contributed by atoms with Crippen molar-refractivity contribution in [2.75, 3.05) is 46.7 Å². The molecular formula is C60H85N7O10S2. The average molecular weight is 1130 g/mol. The third-order valence-corrected chi connectivity index (χ3v) is 17.0. The van der Waals surface area contributed by atoms with Crippen molar-refractivity contribution in [3.8, 4) is 27.6 Å². The molecule has 2 aromatic heterocycles. The Hall–Kier alpha value is -5.73. The number of methoxy groups -OCH3 is 1. The zero-order chi connectivity index (χ0) is 57.3. The van der Waals surface area contributed by atoms with E-state index in [2.05, 4.69) is 46.7 Å². The number of benzene rings is 3. The Bertz CT molecular complexity index is 2870. The highest BCUT2D eigenvalue weighted by Gasteiger charge is 2.44. The minimum absolute atomic E-state index is 0.0266. The van der Waals surface area contributed by atoms with Crippen molar-refractivity contribution in [2.24, 2.45) is 5.41 Å². The molecule has 79 heavy (non-hydrogen) atoms. The van der Waals surface area contributed by atoms with Crippen molar-refractivity contribution in [1.29, 1.82) is 0 Å². The van der Waals surface area contributed by atoms with E-state index in [0.717, 1.165) is 104 Å². The Balaban J connectivity index is 0.778. The van der Waals surface area contributed by atoms with E-state index >= 15 is 0 Å². The second kappa shape index (κ2) is 29.1. The summed E-state index contributed by atoms with van der Waals surface area (Å²) in [5, 5.41) is 24.7. The Morgan fingerprint density at radius 2 is 1.41 bits per heavy atom. The molecule has 0 bridgehead atoms. The molecule has 3 N–H and O–H groups in total. The van der Waals surface area contributed by atoms with Gasteiger partial charge in [0.05, 0.1) is 46.5 Å². The summed E-state index contributed by atoms with van der Waals surface area (Å²) < 4.78 is 52.3. The number of sulfone groups is 1. The average Bonchev–Trinajstić information content (AvgIpc) is 4.30. The molecule has 3 amide bonds. The van der Waals surface area contributed by atoms with E-state index < -0.39 is 33.4 Å². The largest absolute Gasteiger partial charge is 0.494 e. The van der Waals surface area contributed by atoms with Crippen LogP contribution in [0, 0.1) is 26.2 Å². The van der Waals surface area contributed by atoms with Crippen LogP contribution in [0.25, 0.3) is 16.1 Å². The van der Waals surface area contributed by atoms with Gasteiger partial charge in [0.1, 0.15) is 29.3 Å². The van der Waals surface area contributed by atoms with Crippen LogP contribution in [0.3, 0.4) is 0 Å². The predicted molar refractivity (Wildman–Crippen MR) is 308 cm³/mol. The predicted octanol–water partition coefficient (Wildman–Crippen LogP) is 9.97. The van der Waals surface area contributed by atoms with Crippen LogP contribution < -0.4 is 20.1 Å². The first kappa shape index (κ1) is 62.5. The summed E-state index contributed by atoms with van der Waals surface area (Å²) in [5.41, 5.74) is 6.89. The molecule has 5 aromatic rings. The van der Waals surface area contributed by atoms with Crippen LogP contribution in [0.15, 0.2) is 76.1 Å². The van der Waals surface area contributed by atoms with Crippen LogP contribution in [0.4, 0.5) is 0 Å². The van der Waals surface area contributed by atoms with Gasteiger partial charge in [0.25, 0.3) is 0 Å². The van der Waals surface area contributed by atoms with Gasteiger partial charge in [-0.3, -0.25) is 14.4 Å². The van der Waals surface area contributed by atoms with Gasteiger partial charge in [-0.1, -0.05) is 96.0 Å². The minimum atomic E-state index is -3.91. The van der Waals surface area contributed by atoms with E-state index in [9.17, 15) is 27.9 Å². The van der Waals surface area contributed by atoms with Crippen molar-refractivity contribution in [2.45, 2.75) is 179 Å². The molecule has 17 nitrogen and oxygen atoms in total. The van der Waals surface area contributed by atoms with Gasteiger partial charge in [0.15, 0.2) is 0 Å². The molecule has 0 aliphatic carbocycles. The van der Waals surface area contributed by atoms with E-state index in [1.54, 1.807) is 37.5 Å². The quantitative estimate of drug-likeness (QED) is 0.0366. The number of hydrogen-bond acceptors (Lipinski definition) is 14. The van der Waals surface area contributed by atoms with Gasteiger partial charge < -0.3 is 39.6 Å². The van der Waals surface area contributed by atoms with Crippen LogP contribution in [0.2, 0.25) is 0 Å². The Morgan fingerprint density at radius 3 is 1.99 bits per heavy atom. The SMILES string of the molecule is COc1cc(OCCCCCCOCCCCCOCCCCCC(=O)N[C@H](C(=O)N2C[C@H](O)C[C@H]2C(=O)NCc2ccc(-c3scnc3C)cc2)C(C)(C)C)c(C)cc1-n1nnc(S(=O)(=O)c2ccc(C(C)(C)C)cc2)c1C. The van der Waals surface area contributed by atoms with Crippen LogP contribution >= 0.6 is 11.3 Å². The van der Waals surface area contributed by atoms with Gasteiger partial charge >= 0.3 is 0 Å². The molecule has 19 heteroatoms. The van der Waals surface area contributed by atoms with Crippen LogP contribution in [-0.2, 0) is 45.7 Å². The molecule has 1 aliphatic heterocycles. The summed E-state index contributed by atoms with van der Waals surface area (Å²) in [5.74, 6) is 0.258. The smallest absolute Gasteiger partial charge is 0.246 e. The number of rotatable bonds is 30. The van der Waals surface area contributed by atoms with Gasteiger partial charge in [-0.25, -0.2) is 18.1 Å². The molecule has 0 radical (unpaired) electrons. The number of unbranched alkanes of at least 4 members (excludes halogenated alkanes) is 7. The highest BCUT2D eigenvalue weighted by molar-refractivity contribution is 7.91. The molecule has 3 heterocycles. The lowest BCUT2D eigenvalue weighted by Gasteiger charge is -2.35. The molecule has 0 spiro atoms. The Kier molecular flexibility index (Phi) is 23.0. The van der Waals surface area contributed by atoms with E-state index in [1.807, 2.05) is 88.7 Å². The van der Waals surface area contributed by atoms with E-state index in [0.29, 0.717) is 49.1 Å². The van der Waals surface area contributed by atoms with E-state index in [-0.39, 0.29) is 59.0 Å². The second-order valence-electron chi connectivity index (χ2n) is 22.8. The first-order valence-corrected chi connectivity index (χ1v) is 30.3. The van der Waals surface area contributed by atoms with Gasteiger partial charge in [-0.15, -0.1) is 16.4 Å². The molecule has 1 saturated heterocycles. The molecule has 1 aliphatic rings. The lowest BCUT2D eigenvalue weighted by molar-refractivity contribution is -0.144. The van der Waals surface area contributed by atoms with Crippen molar-refractivity contribution in [1.82, 2.24) is 35.5 Å². The Morgan fingerprint density at radius 1 is 0.797 bits per heavy atom. The lowest BCUT2D eigenvalue weighted by Crippen LogP contribution is -2.57. The van der Waals surface area contributed by atoms with Crippen molar-refractivity contribution in [3.63, 3.8) is 0 Å². The fourth-order valence-electron chi connectivity index (χ4n) is 9.49. The molecule has 3 aromatic carbocycles. The third kappa shape index (κ3) is 17.6. The van der Waals surface area contributed by atoms with Crippen molar-refractivity contribution >= 4 is 38.9 Å². The fourth-order valence-corrected chi connectivity index (χ4v) is 11.6. The second-order valence-corrected chi connectivity index (χ2v) is 25.5. The first-order valence-electron chi connectivity index (χ1n) is 27.9. The summed E-state index contributed by atoms with van der Waals surface area (Å²) in [4.78, 5) is 47.6. The number of thiazole rings is 1. The molecule has 1 fully saturated rings. The molecular weight excluding hydrogens is 1040 g/mol. The minimum Gasteiger partial charge on any atom is -0.494 e. The maximum absolute atomic E-state index is 14.0. The molecule has 0 saturated carbocycles. The zero-order valence-electron chi connectivity index (χ0n) is 48.2. The van der Waals surface area contributed by atoms with Crippen LogP contribution in [0.5, 0.6) is 11.5 Å². The summed E-state index contributed by atoms with van der Waals surface area (Å²) in [6, 6.07) is 16.8. The van der Waals surface area contributed by atoms with Gasteiger partial charge in [0, 0.05) is 58.4 Å². The van der Waals surface area contributed by atoms with Crippen LogP contribution in [-0.4, -0.2) is 121 Å². The van der Waals surface area contributed by atoms with Crippen molar-refractivity contribution < 1.29 is 46.9 Å². The van der Waals surface area contributed by atoms with Gasteiger partial charge in [0.2, 0.25) is 32.6 Å². The monoisotopic (exact) mass is 1130 g/mol. The third-order valence-electron chi connectivity index (χ3n) is 14.3. The topological polar surface area (TPSA) is 213 Å². The summed E-state index contributed by atoms with van der Waals surface area (Å²) in [6.07, 6.45) is 8.77. The number of aromatic nitrogens is 4. The normalized spacial score (nSPS) is 15.3. The first-order chi connectivity index (χ1) is 37.6. The summed E-state index contributed by atoms with van der Waals surface area (Å²) in [7, 11) is -2.35. The Labute approximate surface area is 472 Å². The number of carbonyl (C=O) groups excluding carboxylic acids is 3. The number of nitrogens with zero attached hydrogens (tertiary/aromatic N) is 5. The molecule has 3 atom stereocenters. The zero-order valence-corrected chi connectivity index (χ0v) is 49.8. The number of β-amino-alcohol motifs (C(OH)–C–C–N with tert-alkyl or cyclic N) is 1. The standard InChI is InChI=1S/C60H85N7O10S2/c1-41-35-49(67-43(3)57(64-65-67)79(72,73)48-28-26-46(27-29-48)59(4,5)6)52(74-10)37-51(41)77-34-20-12-11-16-30-75-32-18-14-19-33-76-31-17-13-15-21-53(69)63-55(60(7,8)9)58(71)66-39-47(68)36-50(66)56(70)61-38-44-22-24-45(25-23-44)54-42(2)62-40-78-54/h22-29,35,37,40,47,50,55,68H,11-21,30-34,36,38-39H2,1-10H3,(H,61,70)(H,63,69)/t47-,50+,55-/m1/s1. The lowest BCUT2D eigenvalue weighted by atomic mass is 9.85. The van der Waals surface area contributed by atoms with Gasteiger partial charge in [-0.05, 0) is 123 Å². The number of nitrogens with one attached hydrogen (secondary N) is 2. The molecule has 0 unspecified atom stereocenters. The number of hydrogen-bond donors (Lipinski definition) is 3. The number of aryl methyl sites for hydroxylation is 2. The number of ether oxygens (including phenoxy) is 4. The van der Waals surface area contributed by atoms with E-state index in [1.165, 1.54) is 9.58 Å². The number of aliphatic hydroxyl groups is 1. The van der Waals surface area contributed by atoms with Crippen molar-refractivity contribution in [3.05, 3.63) is 94.3 Å². The summed E-state index contributed by atoms with van der Waals surface area (Å²) in [6.45, 7) is 21.1. The highest BCUT2D eigenvalue weighted by Crippen LogP contribution is 2.35. The van der Waals surface area contributed by atoms with Crippen LogP contribution in [0.1, 0.15) is 147 Å². The summed E-state index contributed by atoms with van der Waals surface area (Å²) >= 11 is 1.58. The van der Waals surface area contributed by atoms with Gasteiger partial charge in [-0.2, -0.15) is 0 Å². The number of aliphatic hydroxyl groups excluding tert-OH is 1. The maximum Gasteiger partial charge on any atom is 0.246 e. The highest BCUT2D eigenvalue weighted by atomic mass is 32.2. The number of likely N-dealkylation sites (tertiary alicyclic amines) is 1. The number of carbonyl (C=O) groups is 3. The maximum atomic E-state index is 14.0. The number of amides is 3. The molecule has 432 valence electrons. The van der Waals surface area contributed by atoms with E-state index in [4.69, 9.17) is 18.9 Å². The molecule has 6 rings (SSSR count). The fraction of sp³-hybridized carbons (Fsp3) is 0.567.